The van der Waals surface area contributed by atoms with Crippen LogP contribution in [0.4, 0.5) is 0 Å². The largest absolute Gasteiger partial charge is 0.312 e. The molecule has 88 valence electrons. The zero-order valence-electron chi connectivity index (χ0n) is 9.83. The van der Waals surface area contributed by atoms with E-state index in [1.807, 2.05) is 6.20 Å². The summed E-state index contributed by atoms with van der Waals surface area (Å²) in [6.07, 6.45) is 6.01. The van der Waals surface area contributed by atoms with E-state index in [0.29, 0.717) is 5.41 Å². The topological polar surface area (TPSA) is 29.9 Å². The van der Waals surface area contributed by atoms with E-state index in [-0.39, 0.29) is 0 Å². The van der Waals surface area contributed by atoms with Crippen LogP contribution < -0.4 is 5.32 Å². The Balaban J connectivity index is 2.03. The normalized spacial score (nSPS) is 30.1. The summed E-state index contributed by atoms with van der Waals surface area (Å²) in [7, 11) is 2.10. The van der Waals surface area contributed by atoms with Gasteiger partial charge in [-0.2, -0.15) is 16.9 Å². The van der Waals surface area contributed by atoms with E-state index in [2.05, 4.69) is 33.9 Å². The van der Waals surface area contributed by atoms with Crippen molar-refractivity contribution in [1.82, 2.24) is 15.1 Å². The molecule has 0 amide bonds. The van der Waals surface area contributed by atoms with Gasteiger partial charge in [-0.3, -0.25) is 4.68 Å². The van der Waals surface area contributed by atoms with E-state index in [0.717, 1.165) is 13.1 Å². The number of nitrogens with zero attached hydrogens (tertiary/aromatic N) is 2. The molecule has 2 aliphatic heterocycles. The van der Waals surface area contributed by atoms with Gasteiger partial charge in [0.15, 0.2) is 0 Å². The number of fused-ring (bicyclic) bond motifs is 2. The van der Waals surface area contributed by atoms with Crippen LogP contribution in [0.2, 0.25) is 0 Å². The first kappa shape index (κ1) is 10.7. The van der Waals surface area contributed by atoms with Crippen molar-refractivity contribution < 1.29 is 0 Å². The molecule has 4 heteroatoms. The lowest BCUT2D eigenvalue weighted by Gasteiger charge is -2.37. The number of thioether (sulfide) groups is 1. The molecule has 0 aromatic carbocycles. The summed E-state index contributed by atoms with van der Waals surface area (Å²) >= 11 is 2.11. The first-order valence-corrected chi connectivity index (χ1v) is 7.27. The lowest BCUT2D eigenvalue weighted by Crippen LogP contribution is -2.44. The van der Waals surface area contributed by atoms with Gasteiger partial charge in [0.1, 0.15) is 0 Å². The lowest BCUT2D eigenvalue weighted by atomic mass is 9.74. The Hall–Kier alpha value is -0.480. The Morgan fingerprint density at radius 1 is 1.44 bits per heavy atom. The Kier molecular flexibility index (Phi) is 2.72. The minimum atomic E-state index is 0.363. The summed E-state index contributed by atoms with van der Waals surface area (Å²) in [5, 5.41) is 8.03. The van der Waals surface area contributed by atoms with Crippen molar-refractivity contribution in [2.24, 2.45) is 7.05 Å². The lowest BCUT2D eigenvalue weighted by molar-refractivity contribution is 0.315. The average molecular weight is 237 g/mol. The van der Waals surface area contributed by atoms with E-state index in [1.54, 1.807) is 0 Å². The molecule has 0 radical (unpaired) electrons. The molecular formula is C12H19N3S. The molecule has 1 atom stereocenters. The molecule has 1 spiro atoms. The second kappa shape index (κ2) is 4.08. The van der Waals surface area contributed by atoms with Crippen LogP contribution in [0.5, 0.6) is 0 Å². The van der Waals surface area contributed by atoms with Crippen molar-refractivity contribution in [3.05, 3.63) is 17.5 Å². The zero-order valence-corrected chi connectivity index (χ0v) is 10.6. The smallest absolute Gasteiger partial charge is 0.0537 e. The first-order chi connectivity index (χ1) is 7.82. The molecule has 1 saturated heterocycles. The fourth-order valence-corrected chi connectivity index (χ4v) is 4.32. The average Bonchev–Trinajstić information content (AvgIpc) is 2.54. The molecule has 1 unspecified atom stereocenters. The van der Waals surface area contributed by atoms with Gasteiger partial charge in [-0.05, 0) is 30.8 Å². The highest BCUT2D eigenvalue weighted by Gasteiger charge is 2.39. The van der Waals surface area contributed by atoms with Gasteiger partial charge >= 0.3 is 0 Å². The number of rotatable bonds is 0. The van der Waals surface area contributed by atoms with Crippen LogP contribution in [0.15, 0.2) is 6.20 Å². The van der Waals surface area contributed by atoms with Crippen LogP contribution in [0.3, 0.4) is 0 Å². The van der Waals surface area contributed by atoms with E-state index < -0.39 is 0 Å². The van der Waals surface area contributed by atoms with Crippen LogP contribution in [0, 0.1) is 0 Å². The van der Waals surface area contributed by atoms with Crippen LogP contribution in [-0.4, -0.2) is 27.8 Å². The third kappa shape index (κ3) is 1.59. The molecule has 1 N–H and O–H groups in total. The molecule has 0 saturated carbocycles. The Bertz CT molecular complexity index is 378. The molecule has 3 heterocycles. The molecule has 3 nitrogen and oxygen atoms in total. The standard InChI is InChI=1S/C12H19N3S/c1-15-11-10(8-14-15)7-13-9-12(11)3-2-5-16-6-4-12/h8,13H,2-7,9H2,1H3. The Morgan fingerprint density at radius 3 is 3.31 bits per heavy atom. The molecule has 16 heavy (non-hydrogen) atoms. The summed E-state index contributed by atoms with van der Waals surface area (Å²) in [6, 6.07) is 0. The van der Waals surface area contributed by atoms with Crippen LogP contribution in [-0.2, 0) is 19.0 Å². The second-order valence-electron chi connectivity index (χ2n) is 4.99. The summed E-state index contributed by atoms with van der Waals surface area (Å²) in [4.78, 5) is 0. The third-order valence-electron chi connectivity index (χ3n) is 3.96. The van der Waals surface area contributed by atoms with Gasteiger partial charge in [0.25, 0.3) is 0 Å². The maximum Gasteiger partial charge on any atom is 0.0537 e. The van der Waals surface area contributed by atoms with Gasteiger partial charge in [0, 0.05) is 36.8 Å². The quantitative estimate of drug-likeness (QED) is 0.744. The molecule has 1 aromatic heterocycles. The van der Waals surface area contributed by atoms with Crippen molar-refractivity contribution in [2.45, 2.75) is 31.2 Å². The zero-order chi connectivity index (χ0) is 11.0. The summed E-state index contributed by atoms with van der Waals surface area (Å²) in [5.41, 5.74) is 3.29. The highest BCUT2D eigenvalue weighted by Crippen LogP contribution is 2.40. The van der Waals surface area contributed by atoms with Gasteiger partial charge in [-0.15, -0.1) is 0 Å². The number of hydrogen-bond acceptors (Lipinski definition) is 3. The van der Waals surface area contributed by atoms with Crippen LogP contribution >= 0.6 is 11.8 Å². The van der Waals surface area contributed by atoms with Crippen molar-refractivity contribution >= 4 is 11.8 Å². The summed E-state index contributed by atoms with van der Waals surface area (Å²) in [5.74, 6) is 2.63. The molecule has 2 aliphatic rings. The van der Waals surface area contributed by atoms with Crippen molar-refractivity contribution in [1.29, 1.82) is 0 Å². The number of aromatic nitrogens is 2. The number of hydrogen-bond donors (Lipinski definition) is 1. The number of aryl methyl sites for hydroxylation is 1. The molecule has 1 fully saturated rings. The minimum Gasteiger partial charge on any atom is -0.312 e. The summed E-state index contributed by atoms with van der Waals surface area (Å²) in [6.45, 7) is 2.14. The van der Waals surface area contributed by atoms with Gasteiger partial charge in [0.05, 0.1) is 6.20 Å². The first-order valence-electron chi connectivity index (χ1n) is 6.12. The molecule has 3 rings (SSSR count). The van der Waals surface area contributed by atoms with Crippen LogP contribution in [0.25, 0.3) is 0 Å². The predicted molar refractivity (Wildman–Crippen MR) is 67.8 cm³/mol. The number of nitrogens with one attached hydrogen (secondary N) is 1. The van der Waals surface area contributed by atoms with Crippen LogP contribution in [0.1, 0.15) is 30.5 Å². The van der Waals surface area contributed by atoms with E-state index in [4.69, 9.17) is 0 Å². The highest BCUT2D eigenvalue weighted by molar-refractivity contribution is 7.99. The molecule has 0 bridgehead atoms. The van der Waals surface area contributed by atoms with E-state index in [1.165, 1.54) is 42.0 Å². The van der Waals surface area contributed by atoms with Gasteiger partial charge in [-0.1, -0.05) is 0 Å². The molecular weight excluding hydrogens is 218 g/mol. The van der Waals surface area contributed by atoms with Gasteiger partial charge in [-0.25, -0.2) is 0 Å². The van der Waals surface area contributed by atoms with Crippen molar-refractivity contribution in [2.75, 3.05) is 18.1 Å². The maximum absolute atomic E-state index is 4.45. The molecule has 0 aliphatic carbocycles. The van der Waals surface area contributed by atoms with Gasteiger partial charge < -0.3 is 5.32 Å². The predicted octanol–water partition coefficient (Wildman–Crippen LogP) is 1.68. The maximum atomic E-state index is 4.45. The fraction of sp³-hybridized carbons (Fsp3) is 0.750. The van der Waals surface area contributed by atoms with Crippen molar-refractivity contribution in [3.63, 3.8) is 0 Å². The van der Waals surface area contributed by atoms with E-state index in [9.17, 15) is 0 Å². The highest BCUT2D eigenvalue weighted by atomic mass is 32.2. The molecule has 1 aromatic rings. The third-order valence-corrected chi connectivity index (χ3v) is 5.03. The monoisotopic (exact) mass is 237 g/mol. The second-order valence-corrected chi connectivity index (χ2v) is 6.22. The fourth-order valence-electron chi connectivity index (χ4n) is 3.24. The minimum absolute atomic E-state index is 0.363. The van der Waals surface area contributed by atoms with Crippen molar-refractivity contribution in [3.8, 4) is 0 Å². The Morgan fingerprint density at radius 2 is 2.38 bits per heavy atom. The Labute approximate surface area is 101 Å². The van der Waals surface area contributed by atoms with E-state index >= 15 is 0 Å². The summed E-state index contributed by atoms with van der Waals surface area (Å²) < 4.78 is 2.12. The SMILES string of the molecule is Cn1ncc2c1C1(CCCSCC1)CNC2. The van der Waals surface area contributed by atoms with Gasteiger partial charge in [0.2, 0.25) is 0 Å².